The first kappa shape index (κ1) is 15.6. The summed E-state index contributed by atoms with van der Waals surface area (Å²) in [4.78, 5) is 18.7. The highest BCUT2D eigenvalue weighted by Gasteiger charge is 2.25. The lowest BCUT2D eigenvalue weighted by Gasteiger charge is -2.32. The first-order valence-corrected chi connectivity index (χ1v) is 8.36. The molecule has 7 nitrogen and oxygen atoms in total. The summed E-state index contributed by atoms with van der Waals surface area (Å²) < 4.78 is 7.83. The Bertz CT molecular complexity index is 899. The minimum absolute atomic E-state index is 0.0362. The van der Waals surface area contributed by atoms with Crippen LogP contribution in [0.3, 0.4) is 0 Å². The van der Waals surface area contributed by atoms with Crippen molar-refractivity contribution in [2.75, 3.05) is 13.1 Å². The van der Waals surface area contributed by atoms with Gasteiger partial charge in [-0.25, -0.2) is 0 Å². The number of carbonyl (C=O) groups excluding carboxylic acids is 1. The van der Waals surface area contributed by atoms with Crippen molar-refractivity contribution >= 4 is 11.6 Å². The highest BCUT2D eigenvalue weighted by molar-refractivity contribution is 5.94. The minimum atomic E-state index is 0.0362. The Labute approximate surface area is 145 Å². The molecule has 0 N–H and O–H groups in total. The molecule has 0 radical (unpaired) electrons. The standard InChI is InChI=1S/C18H19N5O2/c1-13-10-19-7-4-16(13)25-15-5-8-22(9-6-15)18(24)14-2-3-17-21-20-12-23(17)11-14/h2-4,7,10-12,15H,5-6,8-9H2,1H3. The summed E-state index contributed by atoms with van der Waals surface area (Å²) in [5.74, 6) is 0.909. The summed E-state index contributed by atoms with van der Waals surface area (Å²) in [6.07, 6.45) is 8.69. The number of aromatic nitrogens is 4. The van der Waals surface area contributed by atoms with Crippen LogP contribution < -0.4 is 4.74 Å². The Hall–Kier alpha value is -2.96. The number of pyridine rings is 2. The number of nitrogens with zero attached hydrogens (tertiary/aromatic N) is 5. The van der Waals surface area contributed by atoms with E-state index in [0.29, 0.717) is 18.7 Å². The molecular formula is C18H19N5O2. The average molecular weight is 337 g/mol. The topological polar surface area (TPSA) is 72.6 Å². The normalized spacial score (nSPS) is 15.5. The van der Waals surface area contributed by atoms with Crippen LogP contribution in [0.25, 0.3) is 5.65 Å². The molecule has 1 aliphatic rings. The average Bonchev–Trinajstić information content (AvgIpc) is 3.11. The molecule has 0 spiro atoms. The maximum atomic E-state index is 12.7. The van der Waals surface area contributed by atoms with Crippen molar-refractivity contribution in [3.8, 4) is 5.75 Å². The molecule has 0 unspecified atom stereocenters. The second-order valence-corrected chi connectivity index (χ2v) is 6.26. The van der Waals surface area contributed by atoms with E-state index >= 15 is 0 Å². The van der Waals surface area contributed by atoms with E-state index in [2.05, 4.69) is 15.2 Å². The minimum Gasteiger partial charge on any atom is -0.490 e. The summed E-state index contributed by atoms with van der Waals surface area (Å²) in [5, 5.41) is 7.79. The molecule has 4 heterocycles. The van der Waals surface area contributed by atoms with Crippen molar-refractivity contribution in [1.29, 1.82) is 0 Å². The van der Waals surface area contributed by atoms with Crippen molar-refractivity contribution in [1.82, 2.24) is 24.5 Å². The monoisotopic (exact) mass is 337 g/mol. The maximum absolute atomic E-state index is 12.7. The number of aryl methyl sites for hydroxylation is 1. The van der Waals surface area contributed by atoms with E-state index in [0.717, 1.165) is 29.8 Å². The van der Waals surface area contributed by atoms with Gasteiger partial charge in [0.1, 0.15) is 18.2 Å². The van der Waals surface area contributed by atoms with Crippen LogP contribution in [0.2, 0.25) is 0 Å². The van der Waals surface area contributed by atoms with Gasteiger partial charge in [0.05, 0.1) is 5.56 Å². The highest BCUT2D eigenvalue weighted by atomic mass is 16.5. The number of rotatable bonds is 3. The Morgan fingerprint density at radius 2 is 2.08 bits per heavy atom. The van der Waals surface area contributed by atoms with Crippen molar-refractivity contribution in [3.05, 3.63) is 54.2 Å². The van der Waals surface area contributed by atoms with Gasteiger partial charge in [-0.3, -0.25) is 14.2 Å². The van der Waals surface area contributed by atoms with Crippen molar-refractivity contribution < 1.29 is 9.53 Å². The number of amides is 1. The molecule has 7 heteroatoms. The van der Waals surface area contributed by atoms with Crippen LogP contribution in [0.1, 0.15) is 28.8 Å². The second kappa shape index (κ2) is 6.51. The van der Waals surface area contributed by atoms with Gasteiger partial charge in [-0.2, -0.15) is 0 Å². The summed E-state index contributed by atoms with van der Waals surface area (Å²) in [7, 11) is 0. The Morgan fingerprint density at radius 3 is 2.88 bits per heavy atom. The maximum Gasteiger partial charge on any atom is 0.255 e. The number of likely N-dealkylation sites (tertiary alicyclic amines) is 1. The van der Waals surface area contributed by atoms with Gasteiger partial charge in [-0.05, 0) is 25.1 Å². The first-order valence-electron chi connectivity index (χ1n) is 8.36. The van der Waals surface area contributed by atoms with Gasteiger partial charge in [0, 0.05) is 50.1 Å². The zero-order valence-electron chi connectivity index (χ0n) is 14.0. The molecule has 128 valence electrons. The highest BCUT2D eigenvalue weighted by Crippen LogP contribution is 2.22. The third-order valence-corrected chi connectivity index (χ3v) is 4.53. The smallest absolute Gasteiger partial charge is 0.255 e. The van der Waals surface area contributed by atoms with Crippen LogP contribution in [0.5, 0.6) is 5.75 Å². The van der Waals surface area contributed by atoms with Crippen LogP contribution in [0.4, 0.5) is 0 Å². The molecule has 1 saturated heterocycles. The predicted molar refractivity (Wildman–Crippen MR) is 91.5 cm³/mol. The fraction of sp³-hybridized carbons (Fsp3) is 0.333. The van der Waals surface area contributed by atoms with Crippen molar-refractivity contribution in [2.45, 2.75) is 25.9 Å². The SMILES string of the molecule is Cc1cnccc1OC1CCN(C(=O)c2ccc3nncn3c2)CC1. The van der Waals surface area contributed by atoms with Gasteiger partial charge in [0.15, 0.2) is 5.65 Å². The third-order valence-electron chi connectivity index (χ3n) is 4.53. The molecule has 4 rings (SSSR count). The number of ether oxygens (including phenoxy) is 1. The largest absolute Gasteiger partial charge is 0.490 e. The first-order chi connectivity index (χ1) is 12.2. The zero-order chi connectivity index (χ0) is 17.2. The molecule has 25 heavy (non-hydrogen) atoms. The lowest BCUT2D eigenvalue weighted by atomic mass is 10.1. The number of fused-ring (bicyclic) bond motifs is 1. The third kappa shape index (κ3) is 3.17. The molecule has 0 aliphatic carbocycles. The van der Waals surface area contributed by atoms with E-state index in [1.54, 1.807) is 35.4 Å². The molecule has 0 bridgehead atoms. The number of carbonyl (C=O) groups is 1. The van der Waals surface area contributed by atoms with Gasteiger partial charge >= 0.3 is 0 Å². The van der Waals surface area contributed by atoms with E-state index in [9.17, 15) is 4.79 Å². The zero-order valence-corrected chi connectivity index (χ0v) is 14.0. The number of hydrogen-bond donors (Lipinski definition) is 0. The lowest BCUT2D eigenvalue weighted by Crippen LogP contribution is -2.41. The van der Waals surface area contributed by atoms with E-state index in [1.807, 2.05) is 24.0 Å². The van der Waals surface area contributed by atoms with Gasteiger partial charge < -0.3 is 9.64 Å². The molecule has 1 amide bonds. The summed E-state index contributed by atoms with van der Waals surface area (Å²) >= 11 is 0. The molecule has 1 aliphatic heterocycles. The van der Waals surface area contributed by atoms with Gasteiger partial charge in [-0.15, -0.1) is 10.2 Å². The summed E-state index contributed by atoms with van der Waals surface area (Å²) in [6.45, 7) is 3.36. The number of hydrogen-bond acceptors (Lipinski definition) is 5. The fourth-order valence-electron chi connectivity index (χ4n) is 3.09. The second-order valence-electron chi connectivity index (χ2n) is 6.26. The predicted octanol–water partition coefficient (Wildman–Crippen LogP) is 2.12. The summed E-state index contributed by atoms with van der Waals surface area (Å²) in [6, 6.07) is 5.50. The molecular weight excluding hydrogens is 318 g/mol. The molecule has 0 atom stereocenters. The van der Waals surface area contributed by atoms with E-state index in [4.69, 9.17) is 4.74 Å². The van der Waals surface area contributed by atoms with Crippen LogP contribution >= 0.6 is 0 Å². The molecule has 3 aromatic heterocycles. The molecule has 3 aromatic rings. The van der Waals surface area contributed by atoms with E-state index < -0.39 is 0 Å². The van der Waals surface area contributed by atoms with Crippen LogP contribution in [0.15, 0.2) is 43.1 Å². The van der Waals surface area contributed by atoms with Gasteiger partial charge in [0.25, 0.3) is 5.91 Å². The van der Waals surface area contributed by atoms with Crippen molar-refractivity contribution in [2.24, 2.45) is 0 Å². The lowest BCUT2D eigenvalue weighted by molar-refractivity contribution is 0.0593. The Kier molecular flexibility index (Phi) is 4.05. The Balaban J connectivity index is 1.39. The van der Waals surface area contributed by atoms with E-state index in [1.165, 1.54) is 0 Å². The summed E-state index contributed by atoms with van der Waals surface area (Å²) in [5.41, 5.74) is 2.41. The van der Waals surface area contributed by atoms with Crippen LogP contribution in [-0.2, 0) is 0 Å². The molecule has 0 saturated carbocycles. The number of piperidine rings is 1. The fourth-order valence-corrected chi connectivity index (χ4v) is 3.09. The van der Waals surface area contributed by atoms with Crippen LogP contribution in [0, 0.1) is 6.92 Å². The van der Waals surface area contributed by atoms with E-state index in [-0.39, 0.29) is 12.0 Å². The van der Waals surface area contributed by atoms with Gasteiger partial charge in [0.2, 0.25) is 0 Å². The quantitative estimate of drug-likeness (QED) is 0.732. The van der Waals surface area contributed by atoms with Crippen LogP contribution in [-0.4, -0.2) is 49.6 Å². The Morgan fingerprint density at radius 1 is 1.24 bits per heavy atom. The van der Waals surface area contributed by atoms with Crippen molar-refractivity contribution in [3.63, 3.8) is 0 Å². The van der Waals surface area contributed by atoms with Gasteiger partial charge in [-0.1, -0.05) is 0 Å². The molecule has 0 aromatic carbocycles. The molecule has 1 fully saturated rings.